The summed E-state index contributed by atoms with van der Waals surface area (Å²) in [5.41, 5.74) is 1.52. The Bertz CT molecular complexity index is 329. The summed E-state index contributed by atoms with van der Waals surface area (Å²) >= 11 is 0. The average Bonchev–Trinajstić information content (AvgIpc) is 2.50. The number of piperazine rings is 1. The highest BCUT2D eigenvalue weighted by Crippen LogP contribution is 2.12. The van der Waals surface area contributed by atoms with Crippen LogP contribution >= 0.6 is 0 Å². The highest BCUT2D eigenvalue weighted by molar-refractivity contribution is 4.99. The van der Waals surface area contributed by atoms with Gasteiger partial charge in [-0.05, 0) is 13.8 Å². The van der Waals surface area contributed by atoms with Crippen molar-refractivity contribution in [1.82, 2.24) is 19.8 Å². The van der Waals surface area contributed by atoms with Crippen LogP contribution in [0, 0.1) is 0 Å². The maximum Gasteiger partial charge on any atom is 0.0945 e. The fraction of sp³-hybridized carbons (Fsp3) is 0.727. The van der Waals surface area contributed by atoms with Crippen molar-refractivity contribution in [3.8, 4) is 0 Å². The fourth-order valence-corrected chi connectivity index (χ4v) is 2.15. The predicted molar refractivity (Wildman–Crippen MR) is 60.6 cm³/mol. The van der Waals surface area contributed by atoms with Gasteiger partial charge in [0.25, 0.3) is 0 Å². The Balaban J connectivity index is 1.98. The van der Waals surface area contributed by atoms with E-state index in [4.69, 9.17) is 0 Å². The van der Waals surface area contributed by atoms with E-state index in [2.05, 4.69) is 40.7 Å². The van der Waals surface area contributed by atoms with Crippen molar-refractivity contribution in [2.45, 2.75) is 25.9 Å². The summed E-state index contributed by atoms with van der Waals surface area (Å²) in [6, 6.07) is 0. The van der Waals surface area contributed by atoms with Gasteiger partial charge in [-0.15, -0.1) is 0 Å². The first kappa shape index (κ1) is 10.6. The van der Waals surface area contributed by atoms with E-state index in [1.165, 1.54) is 5.69 Å². The van der Waals surface area contributed by atoms with E-state index in [1.807, 2.05) is 12.5 Å². The summed E-state index contributed by atoms with van der Waals surface area (Å²) in [5, 5.41) is 3.52. The molecular formula is C11H20N4. The van der Waals surface area contributed by atoms with Crippen LogP contribution < -0.4 is 5.32 Å². The molecule has 0 spiro atoms. The Morgan fingerprint density at radius 1 is 1.53 bits per heavy atom. The number of rotatable bonds is 2. The lowest BCUT2D eigenvalue weighted by Gasteiger charge is -2.39. The molecule has 1 saturated heterocycles. The molecule has 0 unspecified atom stereocenters. The van der Waals surface area contributed by atoms with Crippen molar-refractivity contribution in [3.63, 3.8) is 0 Å². The molecule has 1 aliphatic rings. The number of aromatic nitrogens is 2. The predicted octanol–water partition coefficient (Wildman–Crippen LogP) is 0.604. The molecule has 1 aromatic rings. The molecule has 4 heteroatoms. The van der Waals surface area contributed by atoms with Crippen molar-refractivity contribution in [2.75, 3.05) is 19.6 Å². The van der Waals surface area contributed by atoms with Gasteiger partial charge in [-0.1, -0.05) is 0 Å². The van der Waals surface area contributed by atoms with Crippen LogP contribution in [0.1, 0.15) is 19.5 Å². The van der Waals surface area contributed by atoms with Crippen LogP contribution in [0.5, 0.6) is 0 Å². The molecule has 0 saturated carbocycles. The van der Waals surface area contributed by atoms with Crippen molar-refractivity contribution < 1.29 is 0 Å². The van der Waals surface area contributed by atoms with Gasteiger partial charge in [-0.3, -0.25) is 4.90 Å². The maximum atomic E-state index is 4.14. The van der Waals surface area contributed by atoms with Gasteiger partial charge in [0.05, 0.1) is 12.0 Å². The molecule has 1 fully saturated rings. The van der Waals surface area contributed by atoms with E-state index < -0.39 is 0 Å². The van der Waals surface area contributed by atoms with Gasteiger partial charge in [0.1, 0.15) is 0 Å². The van der Waals surface area contributed by atoms with E-state index in [-0.39, 0.29) is 5.54 Å². The van der Waals surface area contributed by atoms with Crippen LogP contribution in [0.25, 0.3) is 0 Å². The summed E-state index contributed by atoms with van der Waals surface area (Å²) < 4.78 is 2.09. The minimum atomic E-state index is 0.233. The zero-order valence-electron chi connectivity index (χ0n) is 9.82. The maximum absolute atomic E-state index is 4.14. The second kappa shape index (κ2) is 3.94. The van der Waals surface area contributed by atoms with Gasteiger partial charge in [0, 0.05) is 45.0 Å². The van der Waals surface area contributed by atoms with E-state index in [1.54, 1.807) is 0 Å². The molecule has 0 aromatic carbocycles. The lowest BCUT2D eigenvalue weighted by molar-refractivity contribution is 0.146. The Hall–Kier alpha value is -0.870. The Labute approximate surface area is 91.3 Å². The summed E-state index contributed by atoms with van der Waals surface area (Å²) in [6.07, 6.45) is 3.82. The minimum Gasteiger partial charge on any atom is -0.337 e. The van der Waals surface area contributed by atoms with Crippen molar-refractivity contribution >= 4 is 0 Å². The zero-order valence-corrected chi connectivity index (χ0v) is 9.82. The molecular weight excluding hydrogens is 188 g/mol. The summed E-state index contributed by atoms with van der Waals surface area (Å²) in [7, 11) is 2.05. The molecule has 0 radical (unpaired) electrons. The van der Waals surface area contributed by atoms with Gasteiger partial charge < -0.3 is 9.88 Å². The first-order chi connectivity index (χ1) is 7.07. The van der Waals surface area contributed by atoms with Crippen LogP contribution in [-0.4, -0.2) is 39.6 Å². The monoisotopic (exact) mass is 208 g/mol. The van der Waals surface area contributed by atoms with E-state index in [0.29, 0.717) is 0 Å². The van der Waals surface area contributed by atoms with Crippen LogP contribution in [0.3, 0.4) is 0 Å². The molecule has 1 aliphatic heterocycles. The molecule has 4 nitrogen and oxygen atoms in total. The highest BCUT2D eigenvalue weighted by Gasteiger charge is 2.25. The standard InChI is InChI=1S/C11H20N4/c1-11(2)8-15(5-4-13-11)7-10-6-12-9-14(10)3/h6,9,13H,4-5,7-8H2,1-3H3. The minimum absolute atomic E-state index is 0.233. The summed E-state index contributed by atoms with van der Waals surface area (Å²) in [6.45, 7) is 8.80. The second-order valence-electron chi connectivity index (χ2n) is 5.02. The van der Waals surface area contributed by atoms with Crippen LogP contribution in [0.4, 0.5) is 0 Å². The van der Waals surface area contributed by atoms with Gasteiger partial charge >= 0.3 is 0 Å². The van der Waals surface area contributed by atoms with E-state index in [0.717, 1.165) is 26.2 Å². The molecule has 0 atom stereocenters. The van der Waals surface area contributed by atoms with Crippen LogP contribution in [-0.2, 0) is 13.6 Å². The molecule has 0 bridgehead atoms. The lowest BCUT2D eigenvalue weighted by Crippen LogP contribution is -2.56. The van der Waals surface area contributed by atoms with Crippen molar-refractivity contribution in [1.29, 1.82) is 0 Å². The zero-order chi connectivity index (χ0) is 10.9. The number of imidazole rings is 1. The van der Waals surface area contributed by atoms with Crippen LogP contribution in [0.2, 0.25) is 0 Å². The van der Waals surface area contributed by atoms with Crippen LogP contribution in [0.15, 0.2) is 12.5 Å². The molecule has 1 aromatic heterocycles. The normalized spacial score (nSPS) is 21.8. The first-order valence-electron chi connectivity index (χ1n) is 5.49. The van der Waals surface area contributed by atoms with Crippen molar-refractivity contribution in [3.05, 3.63) is 18.2 Å². The Morgan fingerprint density at radius 2 is 2.33 bits per heavy atom. The van der Waals surface area contributed by atoms with Crippen molar-refractivity contribution in [2.24, 2.45) is 7.05 Å². The Kier molecular flexibility index (Phi) is 2.80. The quantitative estimate of drug-likeness (QED) is 0.773. The largest absolute Gasteiger partial charge is 0.337 e. The second-order valence-corrected chi connectivity index (χ2v) is 5.02. The third-order valence-corrected chi connectivity index (χ3v) is 2.95. The van der Waals surface area contributed by atoms with Gasteiger partial charge in [0.15, 0.2) is 0 Å². The molecule has 84 valence electrons. The molecule has 2 rings (SSSR count). The van der Waals surface area contributed by atoms with E-state index in [9.17, 15) is 0 Å². The molecule has 0 aliphatic carbocycles. The number of hydrogen-bond acceptors (Lipinski definition) is 3. The number of nitrogens with one attached hydrogen (secondary N) is 1. The molecule has 1 N–H and O–H groups in total. The number of nitrogens with zero attached hydrogens (tertiary/aromatic N) is 3. The highest BCUT2D eigenvalue weighted by atomic mass is 15.2. The topological polar surface area (TPSA) is 33.1 Å². The summed E-state index contributed by atoms with van der Waals surface area (Å²) in [4.78, 5) is 6.62. The van der Waals surface area contributed by atoms with Gasteiger partial charge in [-0.2, -0.15) is 0 Å². The average molecular weight is 208 g/mol. The van der Waals surface area contributed by atoms with Gasteiger partial charge in [0.2, 0.25) is 0 Å². The third kappa shape index (κ3) is 2.58. The SMILES string of the molecule is Cn1cncc1CN1CCNC(C)(C)C1. The van der Waals surface area contributed by atoms with E-state index >= 15 is 0 Å². The first-order valence-corrected chi connectivity index (χ1v) is 5.49. The molecule has 0 amide bonds. The molecule has 15 heavy (non-hydrogen) atoms. The Morgan fingerprint density at radius 3 is 2.93 bits per heavy atom. The molecule has 2 heterocycles. The smallest absolute Gasteiger partial charge is 0.0945 e. The summed E-state index contributed by atoms with van der Waals surface area (Å²) in [5.74, 6) is 0. The lowest BCUT2D eigenvalue weighted by atomic mass is 10.0. The third-order valence-electron chi connectivity index (χ3n) is 2.95. The van der Waals surface area contributed by atoms with Gasteiger partial charge in [-0.25, -0.2) is 4.98 Å². The number of hydrogen-bond donors (Lipinski definition) is 1. The fourth-order valence-electron chi connectivity index (χ4n) is 2.15. The number of aryl methyl sites for hydroxylation is 1.